The topological polar surface area (TPSA) is 83.9 Å². The fourth-order valence-electron chi connectivity index (χ4n) is 3.68. The molecule has 31 heavy (non-hydrogen) atoms. The molecule has 1 aliphatic heterocycles. The second-order valence-corrected chi connectivity index (χ2v) is 10.9. The Morgan fingerprint density at radius 1 is 1.06 bits per heavy atom. The Hall–Kier alpha value is -2.80. The van der Waals surface area contributed by atoms with Crippen LogP contribution >= 0.6 is 0 Å². The van der Waals surface area contributed by atoms with Crippen molar-refractivity contribution in [3.63, 3.8) is 0 Å². The van der Waals surface area contributed by atoms with E-state index in [9.17, 15) is 18.3 Å². The molecule has 0 bridgehead atoms. The maximum absolute atomic E-state index is 13.8. The lowest BCUT2D eigenvalue weighted by atomic mass is 9.88. The fraction of sp³-hybridized carbons (Fsp3) is 0.375. The minimum Gasteiger partial charge on any atom is -0.507 e. The fourth-order valence-corrected chi connectivity index (χ4v) is 5.45. The van der Waals surface area contributed by atoms with Crippen LogP contribution < -0.4 is 4.31 Å². The van der Waals surface area contributed by atoms with E-state index >= 15 is 0 Å². The first-order chi connectivity index (χ1) is 14.3. The molecule has 0 aliphatic carbocycles. The van der Waals surface area contributed by atoms with Crippen LogP contribution in [0.1, 0.15) is 45.7 Å². The van der Waals surface area contributed by atoms with Crippen LogP contribution in [0.25, 0.3) is 5.76 Å². The summed E-state index contributed by atoms with van der Waals surface area (Å²) in [6, 6.07) is 12.3. The van der Waals surface area contributed by atoms with Crippen LogP contribution in [0.2, 0.25) is 0 Å². The Morgan fingerprint density at radius 2 is 1.65 bits per heavy atom. The number of hydrogen-bond acceptors (Lipinski definition) is 5. The van der Waals surface area contributed by atoms with Crippen molar-refractivity contribution in [3.8, 4) is 0 Å². The van der Waals surface area contributed by atoms with E-state index in [1.165, 1.54) is 4.31 Å². The van der Waals surface area contributed by atoms with E-state index in [0.29, 0.717) is 5.69 Å². The van der Waals surface area contributed by atoms with Gasteiger partial charge in [-0.3, -0.25) is 4.31 Å². The van der Waals surface area contributed by atoms with Gasteiger partial charge in [-0.25, -0.2) is 13.2 Å². The highest BCUT2D eigenvalue weighted by Gasteiger charge is 2.45. The Labute approximate surface area is 184 Å². The number of carbonyl (C=O) groups is 1. The Morgan fingerprint density at radius 3 is 2.19 bits per heavy atom. The molecule has 1 heterocycles. The smallest absolute Gasteiger partial charge is 0.340 e. The SMILES string of the molecule is Cc1ccc(S(=O)(=O)N2c3ccccc3C(O)=C(C(=O)OC(C)(C)C)[C@H]2C(C)C)cc1. The number of sulfonamides is 1. The molecule has 1 aliphatic rings. The third kappa shape index (κ3) is 4.32. The van der Waals surface area contributed by atoms with Crippen molar-refractivity contribution in [1.29, 1.82) is 0 Å². The second-order valence-electron chi connectivity index (χ2n) is 9.08. The van der Waals surface area contributed by atoms with Crippen molar-refractivity contribution >= 4 is 27.4 Å². The predicted octanol–water partition coefficient (Wildman–Crippen LogP) is 4.84. The normalized spacial score (nSPS) is 17.0. The van der Waals surface area contributed by atoms with Crippen molar-refractivity contribution in [1.82, 2.24) is 0 Å². The third-order valence-corrected chi connectivity index (χ3v) is 6.84. The van der Waals surface area contributed by atoms with Crippen LogP contribution in [0.4, 0.5) is 5.69 Å². The van der Waals surface area contributed by atoms with Crippen LogP contribution in [-0.4, -0.2) is 31.1 Å². The third-order valence-electron chi connectivity index (χ3n) is 5.03. The molecule has 0 amide bonds. The number of aryl methyl sites for hydroxylation is 1. The lowest BCUT2D eigenvalue weighted by Crippen LogP contribution is -2.49. The Bertz CT molecular complexity index is 1130. The summed E-state index contributed by atoms with van der Waals surface area (Å²) in [4.78, 5) is 13.3. The molecule has 1 atom stereocenters. The predicted molar refractivity (Wildman–Crippen MR) is 121 cm³/mol. The van der Waals surface area contributed by atoms with Gasteiger partial charge in [0.1, 0.15) is 16.9 Å². The minimum atomic E-state index is -4.04. The Balaban J connectivity index is 2.28. The number of anilines is 1. The van der Waals surface area contributed by atoms with Gasteiger partial charge >= 0.3 is 5.97 Å². The van der Waals surface area contributed by atoms with Gasteiger partial charge in [0.2, 0.25) is 0 Å². The molecule has 0 saturated carbocycles. The summed E-state index contributed by atoms with van der Waals surface area (Å²) in [5, 5.41) is 11.1. The molecule has 0 fully saturated rings. The van der Waals surface area contributed by atoms with Crippen LogP contribution in [0.3, 0.4) is 0 Å². The number of rotatable bonds is 4. The molecule has 2 aromatic carbocycles. The number of aliphatic hydroxyl groups is 1. The van der Waals surface area contributed by atoms with Gasteiger partial charge in [0.05, 0.1) is 16.6 Å². The molecule has 6 nitrogen and oxygen atoms in total. The lowest BCUT2D eigenvalue weighted by molar-refractivity contribution is -0.150. The number of hydrogen-bond donors (Lipinski definition) is 1. The average molecular weight is 444 g/mol. The van der Waals surface area contributed by atoms with Crippen LogP contribution in [0.15, 0.2) is 59.0 Å². The highest BCUT2D eigenvalue weighted by Crippen LogP contribution is 2.43. The number of ether oxygens (including phenoxy) is 1. The van der Waals surface area contributed by atoms with E-state index in [-0.39, 0.29) is 27.7 Å². The molecule has 0 radical (unpaired) electrons. The molecular formula is C24H29NO5S. The van der Waals surface area contributed by atoms with Gasteiger partial charge in [-0.15, -0.1) is 0 Å². The zero-order valence-electron chi connectivity index (χ0n) is 18.7. The van der Waals surface area contributed by atoms with Gasteiger partial charge < -0.3 is 9.84 Å². The van der Waals surface area contributed by atoms with Gasteiger partial charge in [0.15, 0.2) is 0 Å². The standard InChI is InChI=1S/C24H29NO5S/c1-15(2)21-20(23(27)30-24(4,5)6)22(26)18-9-7-8-10-19(18)25(21)31(28,29)17-13-11-16(3)12-14-17/h7-15,21,26H,1-6H3/t21-/m1/s1. The summed E-state index contributed by atoms with van der Waals surface area (Å²) in [6.07, 6.45) is 0. The average Bonchev–Trinajstić information content (AvgIpc) is 2.66. The number of para-hydroxylation sites is 1. The monoisotopic (exact) mass is 443 g/mol. The summed E-state index contributed by atoms with van der Waals surface area (Å²) in [5.74, 6) is -1.31. The van der Waals surface area contributed by atoms with Gasteiger partial charge in [0, 0.05) is 5.56 Å². The van der Waals surface area contributed by atoms with Crippen molar-refractivity contribution < 1.29 is 23.1 Å². The quantitative estimate of drug-likeness (QED) is 0.684. The van der Waals surface area contributed by atoms with Crippen LogP contribution in [0, 0.1) is 12.8 Å². The summed E-state index contributed by atoms with van der Waals surface area (Å²) in [7, 11) is -4.04. The van der Waals surface area contributed by atoms with Crippen LogP contribution in [0.5, 0.6) is 0 Å². The van der Waals surface area contributed by atoms with Crippen molar-refractivity contribution in [2.45, 2.75) is 58.1 Å². The molecule has 0 aromatic heterocycles. The van der Waals surface area contributed by atoms with Crippen LogP contribution in [-0.2, 0) is 19.6 Å². The number of benzene rings is 2. The number of nitrogens with zero attached hydrogens (tertiary/aromatic N) is 1. The molecule has 0 unspecified atom stereocenters. The highest BCUT2D eigenvalue weighted by molar-refractivity contribution is 7.92. The van der Waals surface area contributed by atoms with Gasteiger partial charge in [-0.1, -0.05) is 43.7 Å². The molecule has 0 spiro atoms. The summed E-state index contributed by atoms with van der Waals surface area (Å²) < 4.78 is 34.4. The Kier molecular flexibility index (Phi) is 5.93. The first kappa shape index (κ1) is 22.9. The van der Waals surface area contributed by atoms with Crippen molar-refractivity contribution in [2.75, 3.05) is 4.31 Å². The number of aliphatic hydroxyl groups excluding tert-OH is 1. The zero-order valence-corrected chi connectivity index (χ0v) is 19.5. The maximum Gasteiger partial charge on any atom is 0.340 e. The number of fused-ring (bicyclic) bond motifs is 1. The summed E-state index contributed by atoms with van der Waals surface area (Å²) in [6.45, 7) is 10.7. The van der Waals surface area contributed by atoms with Gasteiger partial charge in [-0.05, 0) is 57.9 Å². The first-order valence-electron chi connectivity index (χ1n) is 10.2. The van der Waals surface area contributed by atoms with Gasteiger partial charge in [0.25, 0.3) is 10.0 Å². The molecule has 1 N–H and O–H groups in total. The molecule has 7 heteroatoms. The van der Waals surface area contributed by atoms with E-state index in [2.05, 4.69) is 0 Å². The number of esters is 1. The van der Waals surface area contributed by atoms with E-state index < -0.39 is 27.6 Å². The number of carbonyl (C=O) groups excluding carboxylic acids is 1. The van der Waals surface area contributed by atoms with Crippen molar-refractivity contribution in [2.24, 2.45) is 5.92 Å². The van der Waals surface area contributed by atoms with E-state index in [0.717, 1.165) is 5.56 Å². The summed E-state index contributed by atoms with van der Waals surface area (Å²) in [5.41, 5.74) is 0.677. The molecule has 3 rings (SSSR count). The minimum absolute atomic E-state index is 0.0562. The van der Waals surface area contributed by atoms with Crippen molar-refractivity contribution in [3.05, 3.63) is 65.2 Å². The van der Waals surface area contributed by atoms with E-state index in [1.807, 2.05) is 20.8 Å². The second kappa shape index (κ2) is 8.04. The molecular weight excluding hydrogens is 414 g/mol. The molecule has 2 aromatic rings. The first-order valence-corrected chi connectivity index (χ1v) is 11.7. The molecule has 166 valence electrons. The maximum atomic E-state index is 13.8. The van der Waals surface area contributed by atoms with Gasteiger partial charge in [-0.2, -0.15) is 0 Å². The largest absolute Gasteiger partial charge is 0.507 e. The van der Waals surface area contributed by atoms with E-state index in [4.69, 9.17) is 4.74 Å². The van der Waals surface area contributed by atoms with E-state index in [1.54, 1.807) is 69.3 Å². The highest BCUT2D eigenvalue weighted by atomic mass is 32.2. The molecule has 0 saturated heterocycles. The summed E-state index contributed by atoms with van der Waals surface area (Å²) >= 11 is 0. The lowest BCUT2D eigenvalue weighted by Gasteiger charge is -2.40. The zero-order chi connectivity index (χ0) is 23.1.